The fraction of sp³-hybridized carbons (Fsp3) is 0.125. The summed E-state index contributed by atoms with van der Waals surface area (Å²) in [4.78, 5) is 13.7. The Morgan fingerprint density at radius 1 is 0.679 bits per heavy atom. The zero-order chi connectivity index (χ0) is 19.2. The van der Waals surface area contributed by atoms with E-state index in [9.17, 15) is 0 Å². The van der Waals surface area contributed by atoms with Crippen LogP contribution in [0.3, 0.4) is 0 Å². The number of hydrogen-bond donors (Lipinski definition) is 0. The first-order chi connectivity index (χ1) is 13.8. The smallest absolute Gasteiger partial charge is 0.119 e. The zero-order valence-corrected chi connectivity index (χ0v) is 15.7. The molecule has 0 aliphatic carbocycles. The number of benzene rings is 1. The number of hydrogen-bond acceptors (Lipinski definition) is 4. The minimum atomic E-state index is 0.724. The van der Waals surface area contributed by atoms with Gasteiger partial charge in [-0.2, -0.15) is 0 Å². The van der Waals surface area contributed by atoms with Gasteiger partial charge in [-0.15, -0.1) is 0 Å². The SMILES string of the molecule is CCCOc1ccc(-c2cc(-c3ccccn3)nc(-c3ccccn3)c2)cc1. The first-order valence-corrected chi connectivity index (χ1v) is 9.41. The Balaban J connectivity index is 1.78. The summed E-state index contributed by atoms with van der Waals surface area (Å²) in [5.74, 6) is 0.884. The lowest BCUT2D eigenvalue weighted by molar-refractivity contribution is 0.317. The molecular weight excluding hydrogens is 346 g/mol. The molecule has 0 N–H and O–H groups in total. The van der Waals surface area contributed by atoms with Crippen LogP contribution in [0.15, 0.2) is 85.2 Å². The number of ether oxygens (including phenoxy) is 1. The van der Waals surface area contributed by atoms with Crippen LogP contribution < -0.4 is 4.74 Å². The van der Waals surface area contributed by atoms with Crippen LogP contribution in [0.1, 0.15) is 13.3 Å². The minimum absolute atomic E-state index is 0.724. The van der Waals surface area contributed by atoms with Gasteiger partial charge in [-0.05, 0) is 66.1 Å². The van der Waals surface area contributed by atoms with E-state index in [1.54, 1.807) is 12.4 Å². The standard InChI is InChI=1S/C24H21N3O/c1-2-15-28-20-11-9-18(10-12-20)19-16-23(21-7-3-5-13-25-21)27-24(17-19)22-8-4-6-14-26-22/h3-14,16-17H,2,15H2,1H3. The Morgan fingerprint density at radius 2 is 1.29 bits per heavy atom. The molecular formula is C24H21N3O. The summed E-state index contributed by atoms with van der Waals surface area (Å²) < 4.78 is 5.70. The summed E-state index contributed by atoms with van der Waals surface area (Å²) in [6, 6.07) is 24.0. The molecule has 1 aromatic carbocycles. The number of rotatable bonds is 6. The molecule has 0 aliphatic rings. The average molecular weight is 367 g/mol. The maximum Gasteiger partial charge on any atom is 0.119 e. The maximum absolute atomic E-state index is 5.70. The number of aromatic nitrogens is 3. The van der Waals surface area contributed by atoms with E-state index in [2.05, 4.69) is 41.2 Å². The van der Waals surface area contributed by atoms with E-state index in [0.717, 1.165) is 52.7 Å². The molecule has 0 saturated carbocycles. The van der Waals surface area contributed by atoms with Crippen LogP contribution in [0.4, 0.5) is 0 Å². The van der Waals surface area contributed by atoms with Crippen LogP contribution in [0.2, 0.25) is 0 Å². The van der Waals surface area contributed by atoms with E-state index in [-0.39, 0.29) is 0 Å². The van der Waals surface area contributed by atoms with Gasteiger partial charge in [0, 0.05) is 12.4 Å². The van der Waals surface area contributed by atoms with Crippen LogP contribution in [-0.2, 0) is 0 Å². The Labute approximate surface area is 164 Å². The Bertz CT molecular complexity index is 975. The van der Waals surface area contributed by atoms with Crippen molar-refractivity contribution in [2.75, 3.05) is 6.61 Å². The monoisotopic (exact) mass is 367 g/mol. The molecule has 0 spiro atoms. The summed E-state index contributed by atoms with van der Waals surface area (Å²) in [6.07, 6.45) is 4.56. The topological polar surface area (TPSA) is 47.9 Å². The van der Waals surface area contributed by atoms with Crippen molar-refractivity contribution in [2.24, 2.45) is 0 Å². The first-order valence-electron chi connectivity index (χ1n) is 9.41. The highest BCUT2D eigenvalue weighted by Crippen LogP contribution is 2.29. The summed E-state index contributed by atoms with van der Waals surface area (Å²) in [5.41, 5.74) is 5.49. The molecule has 0 bridgehead atoms. The van der Waals surface area contributed by atoms with Gasteiger partial charge in [0.1, 0.15) is 5.75 Å². The fourth-order valence-corrected chi connectivity index (χ4v) is 2.95. The lowest BCUT2D eigenvalue weighted by Crippen LogP contribution is -1.95. The molecule has 0 radical (unpaired) electrons. The van der Waals surface area contributed by atoms with Crippen LogP contribution in [-0.4, -0.2) is 21.6 Å². The van der Waals surface area contributed by atoms with E-state index in [0.29, 0.717) is 0 Å². The second kappa shape index (κ2) is 8.44. The molecule has 0 fully saturated rings. The largest absolute Gasteiger partial charge is 0.494 e. The third-order valence-electron chi connectivity index (χ3n) is 4.34. The summed E-state index contributed by atoms with van der Waals surface area (Å²) in [7, 11) is 0. The summed E-state index contributed by atoms with van der Waals surface area (Å²) in [5, 5.41) is 0. The van der Waals surface area contributed by atoms with Gasteiger partial charge in [-0.3, -0.25) is 9.97 Å². The second-order valence-corrected chi connectivity index (χ2v) is 6.43. The van der Waals surface area contributed by atoms with Crippen molar-refractivity contribution in [3.8, 4) is 39.7 Å². The molecule has 0 aliphatic heterocycles. The quantitative estimate of drug-likeness (QED) is 0.441. The molecule has 4 heteroatoms. The lowest BCUT2D eigenvalue weighted by atomic mass is 10.0. The van der Waals surface area contributed by atoms with Gasteiger partial charge >= 0.3 is 0 Å². The maximum atomic E-state index is 5.70. The van der Waals surface area contributed by atoms with Gasteiger partial charge in [0.05, 0.1) is 29.4 Å². The molecule has 0 unspecified atom stereocenters. The number of nitrogens with zero attached hydrogens (tertiary/aromatic N) is 3. The normalized spacial score (nSPS) is 10.6. The van der Waals surface area contributed by atoms with Crippen molar-refractivity contribution < 1.29 is 4.74 Å². The van der Waals surface area contributed by atoms with E-state index >= 15 is 0 Å². The highest BCUT2D eigenvalue weighted by molar-refractivity contribution is 5.74. The van der Waals surface area contributed by atoms with Gasteiger partial charge in [0.15, 0.2) is 0 Å². The van der Waals surface area contributed by atoms with Crippen molar-refractivity contribution >= 4 is 0 Å². The molecule has 138 valence electrons. The minimum Gasteiger partial charge on any atom is -0.494 e. The highest BCUT2D eigenvalue weighted by Gasteiger charge is 2.10. The van der Waals surface area contributed by atoms with Gasteiger partial charge in [-0.25, -0.2) is 4.98 Å². The van der Waals surface area contributed by atoms with Gasteiger partial charge < -0.3 is 4.74 Å². The van der Waals surface area contributed by atoms with E-state index in [1.165, 1.54) is 0 Å². The third kappa shape index (κ3) is 4.07. The van der Waals surface area contributed by atoms with Crippen LogP contribution in [0.5, 0.6) is 5.75 Å². The average Bonchev–Trinajstić information content (AvgIpc) is 2.79. The lowest BCUT2D eigenvalue weighted by Gasteiger charge is -2.10. The number of pyridine rings is 3. The van der Waals surface area contributed by atoms with Gasteiger partial charge in [0.2, 0.25) is 0 Å². The molecule has 0 atom stereocenters. The molecule has 3 heterocycles. The predicted octanol–water partition coefficient (Wildman–Crippen LogP) is 5.66. The van der Waals surface area contributed by atoms with E-state index < -0.39 is 0 Å². The zero-order valence-electron chi connectivity index (χ0n) is 15.7. The van der Waals surface area contributed by atoms with Crippen molar-refractivity contribution in [3.05, 3.63) is 85.2 Å². The summed E-state index contributed by atoms with van der Waals surface area (Å²) in [6.45, 7) is 2.83. The molecule has 4 aromatic rings. The van der Waals surface area contributed by atoms with Gasteiger partial charge in [0.25, 0.3) is 0 Å². The van der Waals surface area contributed by atoms with E-state index in [1.807, 2.05) is 48.5 Å². The Kier molecular flexibility index (Phi) is 5.38. The Morgan fingerprint density at radius 3 is 1.79 bits per heavy atom. The van der Waals surface area contributed by atoms with Crippen molar-refractivity contribution in [3.63, 3.8) is 0 Å². The third-order valence-corrected chi connectivity index (χ3v) is 4.34. The Hall–Kier alpha value is -3.53. The highest BCUT2D eigenvalue weighted by atomic mass is 16.5. The first kappa shape index (κ1) is 17.9. The summed E-state index contributed by atoms with van der Waals surface area (Å²) >= 11 is 0. The second-order valence-electron chi connectivity index (χ2n) is 6.43. The molecule has 0 saturated heterocycles. The van der Waals surface area contributed by atoms with Gasteiger partial charge in [-0.1, -0.05) is 31.2 Å². The molecule has 3 aromatic heterocycles. The van der Waals surface area contributed by atoms with Crippen molar-refractivity contribution in [2.45, 2.75) is 13.3 Å². The molecule has 0 amide bonds. The van der Waals surface area contributed by atoms with E-state index in [4.69, 9.17) is 9.72 Å². The van der Waals surface area contributed by atoms with Crippen molar-refractivity contribution in [1.29, 1.82) is 0 Å². The predicted molar refractivity (Wildman–Crippen MR) is 112 cm³/mol. The van der Waals surface area contributed by atoms with Crippen molar-refractivity contribution in [1.82, 2.24) is 15.0 Å². The molecule has 4 rings (SSSR count). The molecule has 4 nitrogen and oxygen atoms in total. The molecule has 28 heavy (non-hydrogen) atoms. The van der Waals surface area contributed by atoms with Crippen LogP contribution in [0.25, 0.3) is 33.9 Å². The van der Waals surface area contributed by atoms with Crippen LogP contribution in [0, 0.1) is 0 Å². The fourth-order valence-electron chi connectivity index (χ4n) is 2.95. The van der Waals surface area contributed by atoms with Crippen LogP contribution >= 0.6 is 0 Å².